The fourth-order valence-corrected chi connectivity index (χ4v) is 3.98. The van der Waals surface area contributed by atoms with Gasteiger partial charge < -0.3 is 10.1 Å². The number of nitrogens with one attached hydrogen (secondary N) is 1. The molecule has 4 rings (SSSR count). The normalized spacial score (nSPS) is 12.1. The second kappa shape index (κ2) is 13.9. The summed E-state index contributed by atoms with van der Waals surface area (Å²) in [7, 11) is 1.55. The molecule has 4 aromatic heterocycles. The average molecular weight is 543 g/mol. The minimum atomic E-state index is -2.42. The summed E-state index contributed by atoms with van der Waals surface area (Å²) < 4.78 is 46.9. The number of anilines is 2. The van der Waals surface area contributed by atoms with Crippen molar-refractivity contribution in [3.8, 4) is 17.4 Å². The highest BCUT2D eigenvalue weighted by atomic mass is 19.3. The Morgan fingerprint density at radius 3 is 2.54 bits per heavy atom. The Labute approximate surface area is 227 Å². The van der Waals surface area contributed by atoms with Crippen LogP contribution in [0.4, 0.5) is 24.7 Å². The number of methoxy groups -OCH3 is 1. The summed E-state index contributed by atoms with van der Waals surface area (Å²) >= 11 is 0. The Morgan fingerprint density at radius 1 is 1.08 bits per heavy atom. The van der Waals surface area contributed by atoms with E-state index in [0.717, 1.165) is 30.1 Å². The Hall–Kier alpha value is -3.69. The van der Waals surface area contributed by atoms with Gasteiger partial charge in [-0.1, -0.05) is 46.6 Å². The Kier molecular flexibility index (Phi) is 10.7. The van der Waals surface area contributed by atoms with Crippen molar-refractivity contribution >= 4 is 17.0 Å². The number of rotatable bonds is 11. The number of fused-ring (bicyclic) bond motifs is 1. The molecule has 7 nitrogen and oxygen atoms in total. The van der Waals surface area contributed by atoms with Gasteiger partial charge in [-0.3, -0.25) is 4.98 Å². The molecule has 0 spiro atoms. The molecular weight excluding hydrogens is 505 g/mol. The number of ether oxygens (including phenoxy) is 1. The summed E-state index contributed by atoms with van der Waals surface area (Å²) in [6, 6.07) is 8.90. The number of hydrogen-bond donors (Lipinski definition) is 1. The summed E-state index contributed by atoms with van der Waals surface area (Å²) in [5.41, 5.74) is 2.69. The van der Waals surface area contributed by atoms with Crippen LogP contribution in [0.1, 0.15) is 65.4 Å². The van der Waals surface area contributed by atoms with Crippen molar-refractivity contribution in [2.75, 3.05) is 12.4 Å². The van der Waals surface area contributed by atoms with Crippen LogP contribution in [0.15, 0.2) is 48.9 Å². The number of alkyl halides is 2. The quantitative estimate of drug-likeness (QED) is 0.208. The molecule has 1 N–H and O–H groups in total. The van der Waals surface area contributed by atoms with Crippen molar-refractivity contribution < 1.29 is 17.9 Å². The molecule has 10 heteroatoms. The fraction of sp³-hybridized carbons (Fsp3) is 0.448. The van der Waals surface area contributed by atoms with Gasteiger partial charge in [0.1, 0.15) is 11.2 Å². The van der Waals surface area contributed by atoms with Crippen LogP contribution in [-0.2, 0) is 6.42 Å². The van der Waals surface area contributed by atoms with Crippen LogP contribution in [-0.4, -0.2) is 37.6 Å². The first-order valence-electron chi connectivity index (χ1n) is 13.3. The van der Waals surface area contributed by atoms with Crippen LogP contribution < -0.4 is 10.1 Å². The van der Waals surface area contributed by atoms with Crippen LogP contribution in [0.5, 0.6) is 5.88 Å². The van der Waals surface area contributed by atoms with E-state index in [-0.39, 0.29) is 12.8 Å². The third-order valence-corrected chi connectivity index (χ3v) is 6.48. The molecule has 0 aliphatic carbocycles. The van der Waals surface area contributed by atoms with Crippen molar-refractivity contribution in [2.45, 2.75) is 72.1 Å². The van der Waals surface area contributed by atoms with Crippen molar-refractivity contribution in [1.82, 2.24) is 24.6 Å². The third kappa shape index (κ3) is 8.15. The smallest absolute Gasteiger partial charge is 0.248 e. The number of pyridine rings is 2. The van der Waals surface area contributed by atoms with Gasteiger partial charge in [-0.05, 0) is 42.5 Å². The lowest BCUT2D eigenvalue weighted by Crippen LogP contribution is -2.16. The summed E-state index contributed by atoms with van der Waals surface area (Å²) in [5, 5.41) is 7.62. The van der Waals surface area contributed by atoms with E-state index >= 15 is 0 Å². The topological polar surface area (TPSA) is 77.2 Å². The molecule has 210 valence electrons. The molecular formula is C29H37F3N6O. The van der Waals surface area contributed by atoms with Gasteiger partial charge in [0.25, 0.3) is 0 Å². The van der Waals surface area contributed by atoms with Crippen LogP contribution in [0, 0.1) is 11.7 Å². The molecule has 0 bridgehead atoms. The van der Waals surface area contributed by atoms with Crippen LogP contribution in [0.25, 0.3) is 17.0 Å². The van der Waals surface area contributed by atoms with Gasteiger partial charge in [0.15, 0.2) is 11.6 Å². The summed E-state index contributed by atoms with van der Waals surface area (Å²) in [5.74, 6) is -1.08. The molecule has 1 unspecified atom stereocenters. The van der Waals surface area contributed by atoms with E-state index in [0.29, 0.717) is 47.7 Å². The lowest BCUT2D eigenvalue weighted by Gasteiger charge is -2.17. The lowest BCUT2D eigenvalue weighted by atomic mass is 9.98. The van der Waals surface area contributed by atoms with Gasteiger partial charge in [-0.15, -0.1) is 5.10 Å². The first-order valence-corrected chi connectivity index (χ1v) is 13.3. The fourth-order valence-electron chi connectivity index (χ4n) is 3.98. The zero-order valence-corrected chi connectivity index (χ0v) is 23.2. The summed E-state index contributed by atoms with van der Waals surface area (Å²) in [6.45, 7) is 7.92. The van der Waals surface area contributed by atoms with E-state index < -0.39 is 11.7 Å². The third-order valence-electron chi connectivity index (χ3n) is 6.48. The summed E-state index contributed by atoms with van der Waals surface area (Å²) in [4.78, 5) is 12.8. The number of aryl methyl sites for hydroxylation is 1. The minimum absolute atomic E-state index is 0.0451. The Balaban J connectivity index is 0.000000298. The Bertz CT molecular complexity index is 1340. The maximum Gasteiger partial charge on any atom is 0.248 e. The largest absolute Gasteiger partial charge is 0.481 e. The molecule has 0 saturated heterocycles. The van der Waals surface area contributed by atoms with E-state index in [1.165, 1.54) is 6.20 Å². The van der Waals surface area contributed by atoms with Gasteiger partial charge in [0.05, 0.1) is 19.0 Å². The highest BCUT2D eigenvalue weighted by Crippen LogP contribution is 2.29. The molecule has 0 aliphatic heterocycles. The first-order chi connectivity index (χ1) is 18.7. The molecule has 4 aromatic rings. The molecule has 4 heterocycles. The van der Waals surface area contributed by atoms with E-state index in [1.54, 1.807) is 36.7 Å². The zero-order valence-electron chi connectivity index (χ0n) is 23.2. The van der Waals surface area contributed by atoms with Gasteiger partial charge >= 0.3 is 0 Å². The molecule has 0 fully saturated rings. The lowest BCUT2D eigenvalue weighted by molar-refractivity contribution is -0.0217. The van der Waals surface area contributed by atoms with Gasteiger partial charge in [0.2, 0.25) is 17.6 Å². The standard InChI is InChI=1S/C19H17FN6O.C10H20F2/c1-3-12-8-10-26-17(12)19(23-14-7-9-21-11-13(14)20)24-18(25-26)15-5-4-6-16(22-15)27-2;1-4-7-10(11,12)8-6-9(3)5-2/h4-11H,3H2,1-2H3,(H,21,23,24,25);9H,4-8H2,1-3H3. The monoisotopic (exact) mass is 542 g/mol. The number of aromatic nitrogens is 5. The van der Waals surface area contributed by atoms with Crippen molar-refractivity contribution in [3.05, 3.63) is 60.3 Å². The number of nitrogens with zero attached hydrogens (tertiary/aromatic N) is 5. The predicted molar refractivity (Wildman–Crippen MR) is 148 cm³/mol. The second-order valence-corrected chi connectivity index (χ2v) is 9.48. The predicted octanol–water partition coefficient (Wildman–Crippen LogP) is 7.89. The maximum absolute atomic E-state index is 14.1. The molecule has 0 amide bonds. The number of hydrogen-bond acceptors (Lipinski definition) is 6. The van der Waals surface area contributed by atoms with Gasteiger partial charge in [-0.2, -0.15) is 0 Å². The zero-order chi connectivity index (χ0) is 28.4. The van der Waals surface area contributed by atoms with Crippen LogP contribution >= 0.6 is 0 Å². The van der Waals surface area contributed by atoms with E-state index in [9.17, 15) is 13.2 Å². The SMILES string of the molecule is CCCC(F)(F)CCC(C)CC.CCc1ccn2nc(-c3cccc(OC)n3)nc(Nc3ccncc3F)c12. The maximum atomic E-state index is 14.1. The van der Waals surface area contributed by atoms with Crippen LogP contribution in [0.3, 0.4) is 0 Å². The first kappa shape index (κ1) is 29.9. The van der Waals surface area contributed by atoms with Gasteiger partial charge in [0, 0.05) is 31.3 Å². The van der Waals surface area contributed by atoms with Crippen LogP contribution in [0.2, 0.25) is 0 Å². The number of halogens is 3. The van der Waals surface area contributed by atoms with Crippen molar-refractivity contribution in [1.29, 1.82) is 0 Å². The summed E-state index contributed by atoms with van der Waals surface area (Å²) in [6.07, 6.45) is 7.67. The minimum Gasteiger partial charge on any atom is -0.481 e. The van der Waals surface area contributed by atoms with E-state index in [4.69, 9.17) is 4.74 Å². The Morgan fingerprint density at radius 2 is 1.87 bits per heavy atom. The van der Waals surface area contributed by atoms with Crippen molar-refractivity contribution in [2.24, 2.45) is 5.92 Å². The van der Waals surface area contributed by atoms with E-state index in [1.807, 2.05) is 39.1 Å². The second-order valence-electron chi connectivity index (χ2n) is 9.48. The van der Waals surface area contributed by atoms with Crippen molar-refractivity contribution in [3.63, 3.8) is 0 Å². The molecule has 0 aromatic carbocycles. The average Bonchev–Trinajstić information content (AvgIpc) is 3.37. The van der Waals surface area contributed by atoms with Gasteiger partial charge in [-0.25, -0.2) is 27.7 Å². The van der Waals surface area contributed by atoms with E-state index in [2.05, 4.69) is 25.4 Å². The molecule has 39 heavy (non-hydrogen) atoms. The molecule has 0 saturated carbocycles. The highest BCUT2D eigenvalue weighted by molar-refractivity contribution is 5.78. The highest BCUT2D eigenvalue weighted by Gasteiger charge is 2.27. The molecule has 0 aliphatic rings. The molecule has 0 radical (unpaired) electrons. The molecule has 1 atom stereocenters.